The molecule has 20 heavy (non-hydrogen) atoms. The smallest absolute Gasteiger partial charge is 0.0587 e. The Bertz CT molecular complexity index is 542. The second kappa shape index (κ2) is 7.05. The number of aryl methyl sites for hydroxylation is 1. The SMILES string of the molecule is CCNC(c1cccc(CC(C)C)c1)c1cscc1C. The highest BCUT2D eigenvalue weighted by molar-refractivity contribution is 7.08. The van der Waals surface area contributed by atoms with Gasteiger partial charge in [0.25, 0.3) is 0 Å². The van der Waals surface area contributed by atoms with Crippen LogP contribution in [0.2, 0.25) is 0 Å². The maximum Gasteiger partial charge on any atom is 0.0587 e. The van der Waals surface area contributed by atoms with Crippen LogP contribution in [0.1, 0.15) is 49.1 Å². The standard InChI is InChI=1S/C18H25NS/c1-5-19-18(17-12-20-11-14(17)4)16-8-6-7-15(10-16)9-13(2)3/h6-8,10-13,18-19H,5,9H2,1-4H3. The van der Waals surface area contributed by atoms with Gasteiger partial charge < -0.3 is 5.32 Å². The van der Waals surface area contributed by atoms with Crippen LogP contribution in [0.3, 0.4) is 0 Å². The minimum absolute atomic E-state index is 0.318. The Hall–Kier alpha value is -1.12. The molecule has 2 aromatic rings. The lowest BCUT2D eigenvalue weighted by atomic mass is 9.94. The number of rotatable bonds is 6. The lowest BCUT2D eigenvalue weighted by Crippen LogP contribution is -2.22. The molecule has 1 atom stereocenters. The highest BCUT2D eigenvalue weighted by atomic mass is 32.1. The zero-order valence-corrected chi connectivity index (χ0v) is 13.8. The molecule has 0 saturated heterocycles. The van der Waals surface area contributed by atoms with Crippen molar-refractivity contribution in [1.82, 2.24) is 5.32 Å². The summed E-state index contributed by atoms with van der Waals surface area (Å²) in [6.45, 7) is 9.91. The van der Waals surface area contributed by atoms with Gasteiger partial charge in [0.1, 0.15) is 0 Å². The molecule has 0 radical (unpaired) electrons. The summed E-state index contributed by atoms with van der Waals surface area (Å²) in [7, 11) is 0. The molecular formula is C18H25NS. The van der Waals surface area contributed by atoms with Gasteiger partial charge in [-0.25, -0.2) is 0 Å². The van der Waals surface area contributed by atoms with Crippen molar-refractivity contribution in [3.8, 4) is 0 Å². The molecule has 1 nitrogen and oxygen atoms in total. The molecule has 0 fully saturated rings. The summed E-state index contributed by atoms with van der Waals surface area (Å²) in [6, 6.07) is 9.36. The summed E-state index contributed by atoms with van der Waals surface area (Å²) in [5, 5.41) is 8.14. The van der Waals surface area contributed by atoms with E-state index in [1.807, 2.05) is 0 Å². The number of nitrogens with one attached hydrogen (secondary N) is 1. The van der Waals surface area contributed by atoms with Crippen LogP contribution in [0, 0.1) is 12.8 Å². The van der Waals surface area contributed by atoms with Crippen LogP contribution in [0.5, 0.6) is 0 Å². The molecule has 2 rings (SSSR count). The highest BCUT2D eigenvalue weighted by Crippen LogP contribution is 2.28. The van der Waals surface area contributed by atoms with Gasteiger partial charge in [0, 0.05) is 0 Å². The molecule has 0 spiro atoms. The first-order chi connectivity index (χ1) is 9.61. The fourth-order valence-corrected chi connectivity index (χ4v) is 3.53. The zero-order chi connectivity index (χ0) is 14.5. The summed E-state index contributed by atoms with van der Waals surface area (Å²) in [6.07, 6.45) is 1.15. The maximum absolute atomic E-state index is 3.63. The molecule has 1 N–H and O–H groups in total. The van der Waals surface area contributed by atoms with Gasteiger partial charge >= 0.3 is 0 Å². The Labute approximate surface area is 127 Å². The Kier molecular flexibility index (Phi) is 5.38. The lowest BCUT2D eigenvalue weighted by Gasteiger charge is -2.20. The van der Waals surface area contributed by atoms with Crippen molar-refractivity contribution in [2.45, 2.75) is 40.2 Å². The largest absolute Gasteiger partial charge is 0.306 e. The van der Waals surface area contributed by atoms with E-state index in [-0.39, 0.29) is 0 Å². The van der Waals surface area contributed by atoms with Gasteiger partial charge in [-0.15, -0.1) is 0 Å². The number of hydrogen-bond donors (Lipinski definition) is 1. The van der Waals surface area contributed by atoms with Crippen LogP contribution in [0.15, 0.2) is 35.0 Å². The third kappa shape index (κ3) is 3.71. The molecule has 1 aromatic carbocycles. The van der Waals surface area contributed by atoms with Gasteiger partial charge in [-0.2, -0.15) is 11.3 Å². The predicted molar refractivity (Wildman–Crippen MR) is 89.6 cm³/mol. The topological polar surface area (TPSA) is 12.0 Å². The predicted octanol–water partition coefficient (Wildman–Crippen LogP) is 4.95. The van der Waals surface area contributed by atoms with Crippen LogP contribution in [-0.2, 0) is 6.42 Å². The highest BCUT2D eigenvalue weighted by Gasteiger charge is 2.16. The third-order valence-electron chi connectivity index (χ3n) is 3.54. The monoisotopic (exact) mass is 287 g/mol. The molecule has 0 aliphatic carbocycles. The summed E-state index contributed by atoms with van der Waals surface area (Å²) in [4.78, 5) is 0. The molecule has 0 aliphatic rings. The summed E-state index contributed by atoms with van der Waals surface area (Å²) >= 11 is 1.79. The summed E-state index contributed by atoms with van der Waals surface area (Å²) in [5.74, 6) is 0.700. The molecular weight excluding hydrogens is 262 g/mol. The first kappa shape index (κ1) is 15.3. The number of benzene rings is 1. The average Bonchev–Trinajstić information content (AvgIpc) is 2.81. The molecule has 1 heterocycles. The van der Waals surface area contributed by atoms with Gasteiger partial charge in [0.15, 0.2) is 0 Å². The molecule has 0 bridgehead atoms. The summed E-state index contributed by atoms with van der Waals surface area (Å²) in [5.41, 5.74) is 5.62. The first-order valence-corrected chi connectivity index (χ1v) is 8.41. The fraction of sp³-hybridized carbons (Fsp3) is 0.444. The van der Waals surface area contributed by atoms with Crippen molar-refractivity contribution >= 4 is 11.3 Å². The molecule has 0 amide bonds. The normalized spacial score (nSPS) is 12.8. The Morgan fingerprint density at radius 2 is 2.00 bits per heavy atom. The second-order valence-corrected chi connectivity index (χ2v) is 6.59. The van der Waals surface area contributed by atoms with Crippen molar-refractivity contribution in [3.63, 3.8) is 0 Å². The first-order valence-electron chi connectivity index (χ1n) is 7.46. The Morgan fingerprint density at radius 3 is 2.60 bits per heavy atom. The van der Waals surface area contributed by atoms with Crippen LogP contribution in [-0.4, -0.2) is 6.54 Å². The van der Waals surface area contributed by atoms with Crippen molar-refractivity contribution in [1.29, 1.82) is 0 Å². The van der Waals surface area contributed by atoms with E-state index in [0.717, 1.165) is 13.0 Å². The molecule has 108 valence electrons. The maximum atomic E-state index is 3.63. The second-order valence-electron chi connectivity index (χ2n) is 5.84. The van der Waals surface area contributed by atoms with Crippen molar-refractivity contribution in [2.24, 2.45) is 5.92 Å². The van der Waals surface area contributed by atoms with E-state index in [1.54, 1.807) is 11.3 Å². The Balaban J connectivity index is 2.32. The Morgan fingerprint density at radius 1 is 1.20 bits per heavy atom. The van der Waals surface area contributed by atoms with Gasteiger partial charge in [0.05, 0.1) is 6.04 Å². The van der Waals surface area contributed by atoms with E-state index in [9.17, 15) is 0 Å². The van der Waals surface area contributed by atoms with Gasteiger partial charge in [0.2, 0.25) is 0 Å². The molecule has 1 aromatic heterocycles. The minimum Gasteiger partial charge on any atom is -0.306 e. The molecule has 2 heteroatoms. The van der Waals surface area contributed by atoms with Crippen molar-refractivity contribution < 1.29 is 0 Å². The quantitative estimate of drug-likeness (QED) is 0.792. The van der Waals surface area contributed by atoms with E-state index in [0.29, 0.717) is 12.0 Å². The minimum atomic E-state index is 0.318. The molecule has 0 saturated carbocycles. The van der Waals surface area contributed by atoms with Crippen LogP contribution >= 0.6 is 11.3 Å². The van der Waals surface area contributed by atoms with E-state index < -0.39 is 0 Å². The van der Waals surface area contributed by atoms with Gasteiger partial charge in [-0.3, -0.25) is 0 Å². The van der Waals surface area contributed by atoms with Crippen LogP contribution in [0.25, 0.3) is 0 Å². The van der Waals surface area contributed by atoms with E-state index in [2.05, 4.69) is 68.0 Å². The van der Waals surface area contributed by atoms with Gasteiger partial charge in [-0.1, -0.05) is 45.0 Å². The van der Waals surface area contributed by atoms with Crippen molar-refractivity contribution in [3.05, 3.63) is 57.3 Å². The van der Waals surface area contributed by atoms with Gasteiger partial charge in [-0.05, 0) is 58.8 Å². The summed E-state index contributed by atoms with van der Waals surface area (Å²) < 4.78 is 0. The lowest BCUT2D eigenvalue weighted by molar-refractivity contribution is 0.623. The van der Waals surface area contributed by atoms with E-state index in [4.69, 9.17) is 0 Å². The van der Waals surface area contributed by atoms with E-state index >= 15 is 0 Å². The average molecular weight is 287 g/mol. The number of hydrogen-bond acceptors (Lipinski definition) is 2. The molecule has 1 unspecified atom stereocenters. The third-order valence-corrected chi connectivity index (χ3v) is 4.42. The fourth-order valence-electron chi connectivity index (χ4n) is 2.65. The number of thiophene rings is 1. The molecule has 0 aliphatic heterocycles. The van der Waals surface area contributed by atoms with Crippen LogP contribution < -0.4 is 5.32 Å². The van der Waals surface area contributed by atoms with Crippen LogP contribution in [0.4, 0.5) is 0 Å². The van der Waals surface area contributed by atoms with E-state index in [1.165, 1.54) is 22.3 Å². The van der Waals surface area contributed by atoms with Crippen molar-refractivity contribution in [2.75, 3.05) is 6.54 Å². The zero-order valence-electron chi connectivity index (χ0n) is 12.9.